The molecule has 1 rings (SSSR count). The summed E-state index contributed by atoms with van der Waals surface area (Å²) in [6.07, 6.45) is 9.77. The van der Waals surface area contributed by atoms with Crippen LogP contribution in [-0.2, 0) is 4.74 Å². The van der Waals surface area contributed by atoms with Crippen LogP contribution in [0.3, 0.4) is 0 Å². The molecule has 0 saturated heterocycles. The van der Waals surface area contributed by atoms with Crippen molar-refractivity contribution in [3.63, 3.8) is 0 Å². The monoisotopic (exact) mass is 348 g/mol. The summed E-state index contributed by atoms with van der Waals surface area (Å²) < 4.78 is 6.36. The van der Waals surface area contributed by atoms with Crippen LogP contribution in [0.2, 0.25) is 0 Å². The van der Waals surface area contributed by atoms with Crippen molar-refractivity contribution in [3.05, 3.63) is 23.8 Å². The standard InChI is InChI=1S/C24H44O/c1-17(2)24(10,11)25-18(3)19-12-14-20(15-13-19)21(23(7,8)9)16-22(4,5)6/h12-14,17-18,20-21H,15-16H2,1-11H3. The molecule has 0 spiro atoms. The van der Waals surface area contributed by atoms with Gasteiger partial charge in [0, 0.05) is 0 Å². The van der Waals surface area contributed by atoms with Crippen LogP contribution in [0.5, 0.6) is 0 Å². The summed E-state index contributed by atoms with van der Waals surface area (Å²) in [6, 6.07) is 0. The van der Waals surface area contributed by atoms with Gasteiger partial charge in [-0.15, -0.1) is 0 Å². The van der Waals surface area contributed by atoms with Crippen molar-refractivity contribution >= 4 is 0 Å². The second-order valence-corrected chi connectivity index (χ2v) is 11.2. The maximum atomic E-state index is 6.36. The van der Waals surface area contributed by atoms with Crippen molar-refractivity contribution in [2.45, 2.75) is 101 Å². The molecule has 0 radical (unpaired) electrons. The van der Waals surface area contributed by atoms with Crippen molar-refractivity contribution in [2.24, 2.45) is 28.6 Å². The molecule has 0 heterocycles. The van der Waals surface area contributed by atoms with E-state index >= 15 is 0 Å². The second-order valence-electron chi connectivity index (χ2n) is 11.2. The fourth-order valence-electron chi connectivity index (χ4n) is 3.67. The fraction of sp³-hybridized carbons (Fsp3) is 0.833. The molecule has 0 bridgehead atoms. The van der Waals surface area contributed by atoms with Crippen LogP contribution in [-0.4, -0.2) is 11.7 Å². The van der Waals surface area contributed by atoms with Gasteiger partial charge in [0.1, 0.15) is 0 Å². The van der Waals surface area contributed by atoms with E-state index in [1.807, 2.05) is 0 Å². The van der Waals surface area contributed by atoms with E-state index in [-0.39, 0.29) is 11.7 Å². The van der Waals surface area contributed by atoms with Gasteiger partial charge in [0.15, 0.2) is 0 Å². The molecule has 146 valence electrons. The molecule has 0 aromatic rings. The third-order valence-electron chi connectivity index (χ3n) is 5.96. The van der Waals surface area contributed by atoms with E-state index in [1.165, 1.54) is 12.0 Å². The van der Waals surface area contributed by atoms with Gasteiger partial charge in [0.25, 0.3) is 0 Å². The van der Waals surface area contributed by atoms with Crippen molar-refractivity contribution in [2.75, 3.05) is 0 Å². The van der Waals surface area contributed by atoms with Crippen LogP contribution >= 0.6 is 0 Å². The third-order valence-corrected chi connectivity index (χ3v) is 5.96. The van der Waals surface area contributed by atoms with E-state index in [1.54, 1.807) is 0 Å². The molecular formula is C24H44O. The largest absolute Gasteiger partial charge is 0.368 e. The van der Waals surface area contributed by atoms with E-state index < -0.39 is 0 Å². The van der Waals surface area contributed by atoms with Gasteiger partial charge in [0.2, 0.25) is 0 Å². The first-order chi connectivity index (χ1) is 11.1. The summed E-state index contributed by atoms with van der Waals surface area (Å²) in [5.74, 6) is 1.84. The Morgan fingerprint density at radius 1 is 1.00 bits per heavy atom. The maximum absolute atomic E-state index is 6.36. The lowest BCUT2D eigenvalue weighted by Gasteiger charge is -2.41. The van der Waals surface area contributed by atoms with Gasteiger partial charge < -0.3 is 4.74 Å². The highest BCUT2D eigenvalue weighted by Crippen LogP contribution is 2.43. The van der Waals surface area contributed by atoms with Crippen molar-refractivity contribution < 1.29 is 4.74 Å². The third kappa shape index (κ3) is 6.93. The van der Waals surface area contributed by atoms with Crippen LogP contribution in [0, 0.1) is 28.6 Å². The zero-order valence-electron chi connectivity index (χ0n) is 18.9. The smallest absolute Gasteiger partial charge is 0.0801 e. The molecule has 0 N–H and O–H groups in total. The first-order valence-corrected chi connectivity index (χ1v) is 10.2. The minimum Gasteiger partial charge on any atom is -0.368 e. The van der Waals surface area contributed by atoms with E-state index in [0.717, 1.165) is 6.42 Å². The number of hydrogen-bond acceptors (Lipinski definition) is 1. The Bertz CT molecular complexity index is 479. The van der Waals surface area contributed by atoms with Crippen LogP contribution in [0.4, 0.5) is 0 Å². The lowest BCUT2D eigenvalue weighted by Crippen LogP contribution is -2.36. The van der Waals surface area contributed by atoms with Crippen molar-refractivity contribution in [3.8, 4) is 0 Å². The average Bonchev–Trinajstić information content (AvgIpc) is 2.42. The highest BCUT2D eigenvalue weighted by molar-refractivity contribution is 5.27. The zero-order valence-corrected chi connectivity index (χ0v) is 18.9. The Morgan fingerprint density at radius 2 is 1.56 bits per heavy atom. The average molecular weight is 349 g/mol. The lowest BCUT2D eigenvalue weighted by molar-refractivity contribution is -0.0761. The zero-order chi connectivity index (χ0) is 19.6. The Hall–Kier alpha value is -0.560. The van der Waals surface area contributed by atoms with Gasteiger partial charge in [-0.25, -0.2) is 0 Å². The molecule has 0 aromatic heterocycles. The molecule has 0 saturated carbocycles. The number of ether oxygens (including phenoxy) is 1. The fourth-order valence-corrected chi connectivity index (χ4v) is 3.67. The summed E-state index contributed by atoms with van der Waals surface area (Å²) in [6.45, 7) is 25.3. The van der Waals surface area contributed by atoms with Gasteiger partial charge in [-0.2, -0.15) is 0 Å². The minimum absolute atomic E-state index is 0.0921. The Balaban J connectivity index is 2.82. The maximum Gasteiger partial charge on any atom is 0.0801 e. The first kappa shape index (κ1) is 22.5. The van der Waals surface area contributed by atoms with E-state index in [0.29, 0.717) is 28.6 Å². The number of hydrogen-bond donors (Lipinski definition) is 0. The Kier molecular flexibility index (Phi) is 7.18. The molecule has 3 atom stereocenters. The van der Waals surface area contributed by atoms with Gasteiger partial charge in [-0.3, -0.25) is 0 Å². The quantitative estimate of drug-likeness (QED) is 0.485. The van der Waals surface area contributed by atoms with E-state index in [4.69, 9.17) is 4.74 Å². The Labute approximate surface area is 158 Å². The second kappa shape index (κ2) is 7.99. The first-order valence-electron chi connectivity index (χ1n) is 10.2. The highest BCUT2D eigenvalue weighted by atomic mass is 16.5. The predicted octanol–water partition coefficient (Wildman–Crippen LogP) is 7.43. The molecule has 1 aliphatic rings. The highest BCUT2D eigenvalue weighted by Gasteiger charge is 2.35. The van der Waals surface area contributed by atoms with Gasteiger partial charge in [-0.1, -0.05) is 73.6 Å². The SMILES string of the molecule is CC(OC(C)(C)C(C)C)C1=CCC(C(CC(C)(C)C)C(C)(C)C)C=C1. The van der Waals surface area contributed by atoms with Crippen molar-refractivity contribution in [1.82, 2.24) is 0 Å². The molecule has 3 unspecified atom stereocenters. The molecule has 1 aliphatic carbocycles. The Morgan fingerprint density at radius 3 is 1.92 bits per heavy atom. The summed E-state index contributed by atoms with van der Waals surface area (Å²) in [5, 5.41) is 0. The molecular weight excluding hydrogens is 304 g/mol. The molecule has 0 amide bonds. The van der Waals surface area contributed by atoms with Crippen LogP contribution < -0.4 is 0 Å². The summed E-state index contributed by atoms with van der Waals surface area (Å²) in [4.78, 5) is 0. The number of allylic oxidation sites excluding steroid dienone is 2. The molecule has 0 fully saturated rings. The van der Waals surface area contributed by atoms with Crippen LogP contribution in [0.1, 0.15) is 89.0 Å². The summed E-state index contributed by atoms with van der Waals surface area (Å²) >= 11 is 0. The molecule has 25 heavy (non-hydrogen) atoms. The lowest BCUT2D eigenvalue weighted by atomic mass is 9.65. The minimum atomic E-state index is -0.0921. The number of rotatable bonds is 6. The summed E-state index contributed by atoms with van der Waals surface area (Å²) in [7, 11) is 0. The molecule has 0 aliphatic heterocycles. The molecule has 1 nitrogen and oxygen atoms in total. The van der Waals surface area contributed by atoms with Gasteiger partial charge in [0.05, 0.1) is 11.7 Å². The van der Waals surface area contributed by atoms with Gasteiger partial charge in [-0.05, 0) is 67.8 Å². The summed E-state index contributed by atoms with van der Waals surface area (Å²) in [5.41, 5.74) is 1.95. The van der Waals surface area contributed by atoms with E-state index in [9.17, 15) is 0 Å². The van der Waals surface area contributed by atoms with Gasteiger partial charge >= 0.3 is 0 Å². The molecule has 1 heteroatoms. The van der Waals surface area contributed by atoms with Crippen LogP contribution in [0.25, 0.3) is 0 Å². The van der Waals surface area contributed by atoms with Crippen LogP contribution in [0.15, 0.2) is 23.8 Å². The topological polar surface area (TPSA) is 9.23 Å². The molecule has 0 aromatic carbocycles. The van der Waals surface area contributed by atoms with Crippen molar-refractivity contribution in [1.29, 1.82) is 0 Å². The predicted molar refractivity (Wildman–Crippen MR) is 112 cm³/mol. The normalized spacial score (nSPS) is 22.1. The van der Waals surface area contributed by atoms with E-state index in [2.05, 4.69) is 94.4 Å².